The minimum Gasteiger partial charge on any atom is -0.493 e. The minimum absolute atomic E-state index is 0.00761. The molecule has 0 fully saturated rings. The van der Waals surface area contributed by atoms with E-state index in [0.29, 0.717) is 29.4 Å². The van der Waals surface area contributed by atoms with Gasteiger partial charge in [0.15, 0.2) is 0 Å². The van der Waals surface area contributed by atoms with E-state index < -0.39 is 17.5 Å². The van der Waals surface area contributed by atoms with Crippen LogP contribution >= 0.6 is 11.6 Å². The van der Waals surface area contributed by atoms with Gasteiger partial charge in [0.1, 0.15) is 5.75 Å². The van der Waals surface area contributed by atoms with Gasteiger partial charge in [0.05, 0.1) is 19.1 Å². The van der Waals surface area contributed by atoms with E-state index in [4.69, 9.17) is 21.4 Å². The lowest BCUT2D eigenvalue weighted by Gasteiger charge is -2.26. The number of fused-ring (bicyclic) bond motifs is 1. The Labute approximate surface area is 123 Å². The van der Waals surface area contributed by atoms with Gasteiger partial charge in [-0.15, -0.1) is 0 Å². The van der Waals surface area contributed by atoms with Gasteiger partial charge in [-0.05, 0) is 29.5 Å². The average Bonchev–Trinajstić information content (AvgIpc) is 2.72. The van der Waals surface area contributed by atoms with Crippen molar-refractivity contribution in [3.63, 3.8) is 0 Å². The van der Waals surface area contributed by atoms with E-state index in [1.807, 2.05) is 19.9 Å². The fourth-order valence-electron chi connectivity index (χ4n) is 2.66. The summed E-state index contributed by atoms with van der Waals surface area (Å²) in [6, 6.07) is 3.55. The molecular weight excluding hydrogens is 280 g/mol. The lowest BCUT2D eigenvalue weighted by atomic mass is 9.81. The molecule has 0 aromatic heterocycles. The van der Waals surface area contributed by atoms with Gasteiger partial charge in [-0.2, -0.15) is 0 Å². The third kappa shape index (κ3) is 3.44. The van der Waals surface area contributed by atoms with Crippen LogP contribution in [-0.2, 0) is 11.2 Å². The Morgan fingerprint density at radius 2 is 2.20 bits per heavy atom. The van der Waals surface area contributed by atoms with E-state index >= 15 is 0 Å². The molecule has 0 spiro atoms. The minimum atomic E-state index is -0.866. The molecule has 2 rings (SSSR count). The smallest absolute Gasteiger partial charge is 0.303 e. The van der Waals surface area contributed by atoms with Crippen molar-refractivity contribution in [2.24, 2.45) is 5.41 Å². The molecule has 0 saturated heterocycles. The van der Waals surface area contributed by atoms with Crippen molar-refractivity contribution in [1.82, 2.24) is 0 Å². The summed E-state index contributed by atoms with van der Waals surface area (Å²) in [5.74, 6) is -0.164. The topological polar surface area (TPSA) is 66.8 Å². The molecule has 1 atom stereocenters. The second kappa shape index (κ2) is 5.62. The Morgan fingerprint density at radius 3 is 2.85 bits per heavy atom. The number of benzene rings is 1. The van der Waals surface area contributed by atoms with Crippen molar-refractivity contribution >= 4 is 17.6 Å². The molecule has 0 radical (unpaired) electrons. The molecule has 5 heteroatoms. The van der Waals surface area contributed by atoms with Crippen molar-refractivity contribution in [2.75, 3.05) is 6.61 Å². The molecule has 1 aromatic carbocycles. The number of hydrogen-bond donors (Lipinski definition) is 2. The molecule has 1 heterocycles. The summed E-state index contributed by atoms with van der Waals surface area (Å²) in [6.07, 6.45) is 0.354. The first-order valence-corrected chi connectivity index (χ1v) is 7.01. The molecule has 4 nitrogen and oxygen atoms in total. The predicted octanol–water partition coefficient (Wildman–Crippen LogP) is 3.20. The molecule has 0 saturated carbocycles. The largest absolute Gasteiger partial charge is 0.493 e. The standard InChI is InChI=1S/C15H19ClO4/c1-15(2,8-13(18)19)7-12(17)11-6-10(16)5-9-3-4-20-14(9)11/h5-6,12,17H,3-4,7-8H2,1-2H3,(H,18,19). The van der Waals surface area contributed by atoms with Crippen LogP contribution in [0.4, 0.5) is 0 Å². The molecule has 2 N–H and O–H groups in total. The van der Waals surface area contributed by atoms with E-state index in [-0.39, 0.29) is 6.42 Å². The third-order valence-corrected chi connectivity index (χ3v) is 3.73. The molecule has 1 aliphatic heterocycles. The van der Waals surface area contributed by atoms with Gasteiger partial charge in [0.2, 0.25) is 0 Å². The van der Waals surface area contributed by atoms with Crippen LogP contribution < -0.4 is 4.74 Å². The highest BCUT2D eigenvalue weighted by molar-refractivity contribution is 6.30. The van der Waals surface area contributed by atoms with E-state index in [1.165, 1.54) is 0 Å². The zero-order chi connectivity index (χ0) is 14.9. The lowest BCUT2D eigenvalue weighted by molar-refractivity contribution is -0.139. The summed E-state index contributed by atoms with van der Waals surface area (Å²) >= 11 is 6.07. The van der Waals surface area contributed by atoms with Crippen LogP contribution in [0.15, 0.2) is 12.1 Å². The van der Waals surface area contributed by atoms with Crippen molar-refractivity contribution < 1.29 is 19.7 Å². The highest BCUT2D eigenvalue weighted by Crippen LogP contribution is 2.41. The fourth-order valence-corrected chi connectivity index (χ4v) is 2.91. The van der Waals surface area contributed by atoms with Crippen LogP contribution in [0, 0.1) is 5.41 Å². The molecule has 1 unspecified atom stereocenters. The number of hydrogen-bond acceptors (Lipinski definition) is 3. The Kier molecular flexibility index (Phi) is 4.25. The van der Waals surface area contributed by atoms with Gasteiger partial charge in [-0.1, -0.05) is 25.4 Å². The fraction of sp³-hybridized carbons (Fsp3) is 0.533. The zero-order valence-electron chi connectivity index (χ0n) is 11.6. The molecule has 1 aliphatic rings. The average molecular weight is 299 g/mol. The summed E-state index contributed by atoms with van der Waals surface area (Å²) in [4.78, 5) is 10.8. The number of carbonyl (C=O) groups is 1. The van der Waals surface area contributed by atoms with Gasteiger partial charge in [0, 0.05) is 17.0 Å². The van der Waals surface area contributed by atoms with E-state index in [2.05, 4.69) is 0 Å². The van der Waals surface area contributed by atoms with Gasteiger partial charge < -0.3 is 14.9 Å². The number of aliphatic carboxylic acids is 1. The van der Waals surface area contributed by atoms with Gasteiger partial charge in [0.25, 0.3) is 0 Å². The predicted molar refractivity (Wildman–Crippen MR) is 76.3 cm³/mol. The molecule has 20 heavy (non-hydrogen) atoms. The first-order valence-electron chi connectivity index (χ1n) is 6.63. The zero-order valence-corrected chi connectivity index (χ0v) is 12.4. The third-order valence-electron chi connectivity index (χ3n) is 3.51. The number of ether oxygens (including phenoxy) is 1. The number of aliphatic hydroxyl groups is 1. The van der Waals surface area contributed by atoms with Crippen molar-refractivity contribution in [3.8, 4) is 5.75 Å². The van der Waals surface area contributed by atoms with Crippen molar-refractivity contribution in [1.29, 1.82) is 0 Å². The van der Waals surface area contributed by atoms with Crippen LogP contribution in [0.3, 0.4) is 0 Å². The monoisotopic (exact) mass is 298 g/mol. The SMILES string of the molecule is CC(C)(CC(=O)O)CC(O)c1cc(Cl)cc2c1OCC2. The first kappa shape index (κ1) is 15.1. The lowest BCUT2D eigenvalue weighted by Crippen LogP contribution is -2.20. The summed E-state index contributed by atoms with van der Waals surface area (Å²) in [5.41, 5.74) is 1.16. The number of carboxylic acid groups (broad SMARTS) is 1. The van der Waals surface area contributed by atoms with Crippen LogP contribution in [0.2, 0.25) is 5.02 Å². The maximum Gasteiger partial charge on any atom is 0.303 e. The van der Waals surface area contributed by atoms with Crippen LogP contribution in [0.25, 0.3) is 0 Å². The molecular formula is C15H19ClO4. The van der Waals surface area contributed by atoms with Crippen LogP contribution in [-0.4, -0.2) is 22.8 Å². The summed E-state index contributed by atoms with van der Waals surface area (Å²) < 4.78 is 5.57. The van der Waals surface area contributed by atoms with Gasteiger partial charge in [-0.3, -0.25) is 4.79 Å². The molecule has 0 amide bonds. The highest BCUT2D eigenvalue weighted by atomic mass is 35.5. The number of halogens is 1. The van der Waals surface area contributed by atoms with Crippen molar-refractivity contribution in [3.05, 3.63) is 28.3 Å². The Bertz CT molecular complexity index is 525. The Balaban J connectivity index is 2.22. The van der Waals surface area contributed by atoms with Gasteiger partial charge in [-0.25, -0.2) is 0 Å². The first-order chi connectivity index (χ1) is 9.28. The van der Waals surface area contributed by atoms with E-state index in [9.17, 15) is 9.90 Å². The maximum absolute atomic E-state index is 10.8. The highest BCUT2D eigenvalue weighted by Gasteiger charge is 2.29. The molecule has 0 aliphatic carbocycles. The second-order valence-electron chi connectivity index (χ2n) is 6.04. The quantitative estimate of drug-likeness (QED) is 0.876. The van der Waals surface area contributed by atoms with Gasteiger partial charge >= 0.3 is 5.97 Å². The summed E-state index contributed by atoms with van der Waals surface area (Å²) in [6.45, 7) is 4.25. The maximum atomic E-state index is 10.8. The normalized spacial score (nSPS) is 15.6. The molecule has 110 valence electrons. The Hall–Kier alpha value is -1.26. The van der Waals surface area contributed by atoms with E-state index in [1.54, 1.807) is 6.07 Å². The number of aliphatic hydroxyl groups excluding tert-OH is 1. The number of carboxylic acids is 1. The van der Waals surface area contributed by atoms with Crippen LogP contribution in [0.1, 0.15) is 43.9 Å². The summed E-state index contributed by atoms with van der Waals surface area (Å²) in [5, 5.41) is 19.9. The van der Waals surface area contributed by atoms with Crippen molar-refractivity contribution in [2.45, 2.75) is 39.2 Å². The Morgan fingerprint density at radius 1 is 1.50 bits per heavy atom. The summed E-state index contributed by atoms with van der Waals surface area (Å²) in [7, 11) is 0. The molecule has 0 bridgehead atoms. The second-order valence-corrected chi connectivity index (χ2v) is 6.47. The van der Waals surface area contributed by atoms with E-state index in [0.717, 1.165) is 12.0 Å². The number of rotatable bonds is 5. The van der Waals surface area contributed by atoms with Crippen LogP contribution in [0.5, 0.6) is 5.75 Å². The molecule has 1 aromatic rings.